The maximum Gasteiger partial charge on any atom is 0.361 e. The highest BCUT2D eigenvalue weighted by molar-refractivity contribution is 6.80. The van der Waals surface area contributed by atoms with Crippen molar-refractivity contribution in [2.24, 2.45) is 0 Å². The molecule has 3 aromatic rings. The van der Waals surface area contributed by atoms with E-state index >= 15 is 0 Å². The van der Waals surface area contributed by atoms with E-state index in [1.165, 1.54) is 0 Å². The lowest BCUT2D eigenvalue weighted by atomic mass is 9.55. The topological polar surface area (TPSA) is 38.3 Å². The van der Waals surface area contributed by atoms with Gasteiger partial charge in [0.1, 0.15) is 0 Å². The molecule has 0 radical (unpaired) electrons. The molecule has 0 saturated carbocycles. The second kappa shape index (κ2) is 10.3. The van der Waals surface area contributed by atoms with Crippen molar-refractivity contribution < 1.29 is 9.45 Å². The quantitative estimate of drug-likeness (QED) is 0.472. The van der Waals surface area contributed by atoms with Crippen molar-refractivity contribution in [2.75, 3.05) is 6.61 Å². The highest BCUT2D eigenvalue weighted by Gasteiger charge is 2.20. The van der Waals surface area contributed by atoms with Crippen molar-refractivity contribution in [3.63, 3.8) is 0 Å². The number of amides is 1. The maximum absolute atomic E-state index is 12.0. The molecule has 0 bridgehead atoms. The summed E-state index contributed by atoms with van der Waals surface area (Å²) in [5.41, 5.74) is 3.35. The molecule has 0 aliphatic carbocycles. The molecule has 27 heavy (non-hydrogen) atoms. The first kappa shape index (κ1) is 18.9. The van der Waals surface area contributed by atoms with E-state index in [4.69, 9.17) is 4.65 Å². The molecule has 0 spiro atoms. The molecule has 0 aliphatic rings. The Kier molecular flexibility index (Phi) is 7.25. The molecule has 4 heteroatoms. The van der Waals surface area contributed by atoms with Gasteiger partial charge in [-0.15, -0.1) is 0 Å². The third-order valence-electron chi connectivity index (χ3n) is 4.37. The molecule has 0 saturated heterocycles. The van der Waals surface area contributed by atoms with Crippen LogP contribution in [-0.2, 0) is 16.0 Å². The van der Waals surface area contributed by atoms with Crippen LogP contribution in [0.5, 0.6) is 0 Å². The number of carbonyl (C=O) groups excluding carboxylic acids is 1. The minimum atomic E-state index is -0.111. The highest BCUT2D eigenvalue weighted by Crippen LogP contribution is 2.00. The van der Waals surface area contributed by atoms with Crippen molar-refractivity contribution in [3.8, 4) is 0 Å². The summed E-state index contributed by atoms with van der Waals surface area (Å²) in [4.78, 5) is 12.0. The Morgan fingerprint density at radius 3 is 1.85 bits per heavy atom. The Bertz CT molecular complexity index is 770. The van der Waals surface area contributed by atoms with Crippen molar-refractivity contribution in [1.82, 2.24) is 5.32 Å². The van der Waals surface area contributed by atoms with E-state index in [2.05, 4.69) is 29.6 Å². The summed E-state index contributed by atoms with van der Waals surface area (Å²) in [7, 11) is 0. The summed E-state index contributed by atoms with van der Waals surface area (Å²) in [5.74, 6) is 0.0541. The Hall–Kier alpha value is -2.85. The molecule has 0 aliphatic heterocycles. The number of hydrogen-bond acceptors (Lipinski definition) is 2. The first-order valence-electron chi connectivity index (χ1n) is 9.35. The third-order valence-corrected chi connectivity index (χ3v) is 4.37. The molecule has 3 rings (SSSR count). The van der Waals surface area contributed by atoms with Gasteiger partial charge in [-0.2, -0.15) is 0 Å². The summed E-state index contributed by atoms with van der Waals surface area (Å²) in [5, 5.41) is 2.96. The number of rotatable bonds is 9. The van der Waals surface area contributed by atoms with Crippen LogP contribution in [0.2, 0.25) is 0 Å². The number of carbonyl (C=O) groups is 1. The van der Waals surface area contributed by atoms with Crippen LogP contribution in [0.4, 0.5) is 0 Å². The van der Waals surface area contributed by atoms with Crippen LogP contribution in [-0.4, -0.2) is 19.4 Å². The largest absolute Gasteiger partial charge is 0.427 e. The normalized spacial score (nSPS) is 10.4. The lowest BCUT2D eigenvalue weighted by molar-refractivity contribution is -0.121. The molecule has 3 aromatic carbocycles. The maximum atomic E-state index is 12.0. The minimum Gasteiger partial charge on any atom is -0.427 e. The second-order valence-corrected chi connectivity index (χ2v) is 6.44. The zero-order valence-corrected chi connectivity index (χ0v) is 15.4. The van der Waals surface area contributed by atoms with Crippen LogP contribution in [0, 0.1) is 0 Å². The number of benzene rings is 3. The Balaban J connectivity index is 1.47. The average molecular weight is 357 g/mol. The first-order chi connectivity index (χ1) is 13.3. The van der Waals surface area contributed by atoms with E-state index < -0.39 is 0 Å². The van der Waals surface area contributed by atoms with Crippen LogP contribution in [0.15, 0.2) is 91.0 Å². The second-order valence-electron chi connectivity index (χ2n) is 6.44. The smallest absolute Gasteiger partial charge is 0.361 e. The van der Waals surface area contributed by atoms with Gasteiger partial charge in [0.05, 0.1) is 0 Å². The predicted octanol–water partition coefficient (Wildman–Crippen LogP) is 2.91. The van der Waals surface area contributed by atoms with Crippen LogP contribution in [0.25, 0.3) is 0 Å². The van der Waals surface area contributed by atoms with Gasteiger partial charge in [-0.3, -0.25) is 4.79 Å². The fraction of sp³-hybridized carbons (Fsp3) is 0.174. The van der Waals surface area contributed by atoms with Crippen LogP contribution in [0.1, 0.15) is 18.4 Å². The van der Waals surface area contributed by atoms with Crippen LogP contribution in [0.3, 0.4) is 0 Å². The van der Waals surface area contributed by atoms with Gasteiger partial charge in [0.15, 0.2) is 0 Å². The van der Waals surface area contributed by atoms with E-state index in [1.807, 2.05) is 66.7 Å². The molecule has 1 N–H and O–H groups in total. The monoisotopic (exact) mass is 357 g/mol. The molecule has 0 atom stereocenters. The minimum absolute atomic E-state index is 0.0541. The fourth-order valence-corrected chi connectivity index (χ4v) is 2.96. The van der Waals surface area contributed by atoms with E-state index in [1.54, 1.807) is 0 Å². The van der Waals surface area contributed by atoms with E-state index in [0.717, 1.165) is 16.5 Å². The summed E-state index contributed by atoms with van der Waals surface area (Å²) < 4.78 is 6.15. The molecular formula is C23H24BNO2. The van der Waals surface area contributed by atoms with Crippen LogP contribution >= 0.6 is 0 Å². The molecule has 0 fully saturated rings. The van der Waals surface area contributed by atoms with E-state index in [9.17, 15) is 4.79 Å². The molecule has 3 nitrogen and oxygen atoms in total. The van der Waals surface area contributed by atoms with Crippen molar-refractivity contribution >= 4 is 23.7 Å². The van der Waals surface area contributed by atoms with Gasteiger partial charge in [0.2, 0.25) is 5.91 Å². The molecule has 0 heterocycles. The van der Waals surface area contributed by atoms with Crippen molar-refractivity contribution in [3.05, 3.63) is 96.6 Å². The van der Waals surface area contributed by atoms with Gasteiger partial charge in [-0.1, -0.05) is 91.0 Å². The zero-order chi connectivity index (χ0) is 18.7. The van der Waals surface area contributed by atoms with Crippen molar-refractivity contribution in [2.45, 2.75) is 19.4 Å². The SMILES string of the molecule is O=C(CCCOB(c1ccccc1)c1ccccc1)NCc1ccccc1. The van der Waals surface area contributed by atoms with Gasteiger partial charge in [-0.25, -0.2) is 0 Å². The summed E-state index contributed by atoms with van der Waals surface area (Å²) >= 11 is 0. The van der Waals surface area contributed by atoms with E-state index in [0.29, 0.717) is 26.0 Å². The van der Waals surface area contributed by atoms with E-state index in [-0.39, 0.29) is 12.8 Å². The van der Waals surface area contributed by atoms with Gasteiger partial charge < -0.3 is 9.97 Å². The summed E-state index contributed by atoms with van der Waals surface area (Å²) in [6.07, 6.45) is 1.15. The Morgan fingerprint density at radius 2 is 1.30 bits per heavy atom. The Labute approximate surface area is 161 Å². The van der Waals surface area contributed by atoms with Gasteiger partial charge in [0, 0.05) is 19.6 Å². The molecule has 136 valence electrons. The Morgan fingerprint density at radius 1 is 0.778 bits per heavy atom. The molecule has 0 aromatic heterocycles. The van der Waals surface area contributed by atoms with Gasteiger partial charge >= 0.3 is 6.92 Å². The standard InChI is InChI=1S/C23H24BNO2/c26-23(25-19-20-11-4-1-5-12-20)17-10-18-27-24(21-13-6-2-7-14-21)22-15-8-3-9-16-22/h1-9,11-16H,10,17-19H2,(H,25,26). The number of nitrogens with one attached hydrogen (secondary N) is 1. The molecular weight excluding hydrogens is 333 g/mol. The summed E-state index contributed by atoms with van der Waals surface area (Å²) in [6, 6.07) is 30.3. The van der Waals surface area contributed by atoms with Crippen molar-refractivity contribution in [1.29, 1.82) is 0 Å². The third kappa shape index (κ3) is 6.12. The lowest BCUT2D eigenvalue weighted by Gasteiger charge is -2.15. The predicted molar refractivity (Wildman–Crippen MR) is 111 cm³/mol. The highest BCUT2D eigenvalue weighted by atomic mass is 16.4. The molecule has 1 amide bonds. The summed E-state index contributed by atoms with van der Waals surface area (Å²) in [6.45, 7) is 0.990. The number of hydrogen-bond donors (Lipinski definition) is 1. The fourth-order valence-electron chi connectivity index (χ4n) is 2.96. The molecule has 0 unspecified atom stereocenters. The van der Waals surface area contributed by atoms with Crippen LogP contribution < -0.4 is 16.2 Å². The van der Waals surface area contributed by atoms with Gasteiger partial charge in [0.25, 0.3) is 0 Å². The van der Waals surface area contributed by atoms with Gasteiger partial charge in [-0.05, 0) is 22.9 Å². The lowest BCUT2D eigenvalue weighted by Crippen LogP contribution is -2.45. The average Bonchev–Trinajstić information content (AvgIpc) is 2.74. The first-order valence-corrected chi connectivity index (χ1v) is 9.35. The zero-order valence-electron chi connectivity index (χ0n) is 15.4.